The number of hydrogen-bond acceptors (Lipinski definition) is 8. The van der Waals surface area contributed by atoms with E-state index in [1.54, 1.807) is 0 Å². The average Bonchev–Trinajstić information content (AvgIpc) is 3.02. The van der Waals surface area contributed by atoms with E-state index in [9.17, 15) is 4.79 Å². The largest absolute Gasteiger partial charge is 0.374 e. The van der Waals surface area contributed by atoms with E-state index < -0.39 is 39.2 Å². The zero-order valence-corrected chi connectivity index (χ0v) is 25.9. The topological polar surface area (TPSA) is 93.7 Å². The molecule has 1 heterocycles. The van der Waals surface area contributed by atoms with Gasteiger partial charge >= 0.3 is 8.60 Å². The minimum absolute atomic E-state index is 0.202. The normalized spacial score (nSPS) is 22.0. The van der Waals surface area contributed by atoms with Gasteiger partial charge in [-0.1, -0.05) is 91.0 Å². The van der Waals surface area contributed by atoms with Gasteiger partial charge in [0.2, 0.25) is 5.91 Å². The van der Waals surface area contributed by atoms with Gasteiger partial charge in [-0.3, -0.25) is 9.32 Å². The van der Waals surface area contributed by atoms with Gasteiger partial charge < -0.3 is 33.3 Å². The smallest absolute Gasteiger partial charge is 0.335 e. The fraction of sp³-hybridized carbons (Fsp3) is 0.424. The molecule has 5 atom stereocenters. The molecule has 4 rings (SSSR count). The monoisotopic (exact) mass is 611 g/mol. The van der Waals surface area contributed by atoms with Gasteiger partial charge in [-0.2, -0.15) is 0 Å². The Morgan fingerprint density at radius 1 is 0.744 bits per heavy atom. The van der Waals surface area contributed by atoms with Crippen molar-refractivity contribution in [2.75, 3.05) is 19.8 Å². The maximum absolute atomic E-state index is 12.5. The zero-order chi connectivity index (χ0) is 30.3. The van der Waals surface area contributed by atoms with Crippen molar-refractivity contribution in [3.63, 3.8) is 0 Å². The lowest BCUT2D eigenvalue weighted by Gasteiger charge is -2.46. The van der Waals surface area contributed by atoms with Crippen molar-refractivity contribution in [1.29, 1.82) is 0 Å². The first-order valence-electron chi connectivity index (χ1n) is 14.6. The van der Waals surface area contributed by atoms with Gasteiger partial charge in [-0.05, 0) is 30.5 Å². The number of carbonyl (C=O) groups is 1. The van der Waals surface area contributed by atoms with Crippen LogP contribution in [-0.2, 0) is 57.1 Å². The number of rotatable bonds is 17. The Hall–Kier alpha value is -2.72. The van der Waals surface area contributed by atoms with Crippen LogP contribution >= 0.6 is 8.60 Å². The van der Waals surface area contributed by atoms with Crippen molar-refractivity contribution >= 4 is 14.5 Å². The lowest BCUT2D eigenvalue weighted by Crippen LogP contribution is -2.65. The third kappa shape index (κ3) is 10.7. The van der Waals surface area contributed by atoms with E-state index in [0.29, 0.717) is 33.0 Å². The van der Waals surface area contributed by atoms with Crippen LogP contribution in [0, 0.1) is 0 Å². The first kappa shape index (κ1) is 33.2. The van der Waals surface area contributed by atoms with Gasteiger partial charge in [0, 0.05) is 6.92 Å². The second-order valence-corrected chi connectivity index (χ2v) is 11.1. The summed E-state index contributed by atoms with van der Waals surface area (Å²) in [7, 11) is -1.75. The molecule has 1 aliphatic rings. The Morgan fingerprint density at radius 3 is 1.72 bits per heavy atom. The summed E-state index contributed by atoms with van der Waals surface area (Å²) in [6.45, 7) is 7.18. The van der Waals surface area contributed by atoms with Crippen LogP contribution in [0.5, 0.6) is 0 Å². The highest BCUT2D eigenvalue weighted by molar-refractivity contribution is 7.41. The zero-order valence-electron chi connectivity index (χ0n) is 25.0. The molecule has 1 fully saturated rings. The minimum atomic E-state index is -1.75. The molecular weight excluding hydrogens is 569 g/mol. The molecule has 1 aliphatic heterocycles. The second kappa shape index (κ2) is 18.2. The minimum Gasteiger partial charge on any atom is -0.374 e. The number of benzene rings is 3. The van der Waals surface area contributed by atoms with Crippen LogP contribution in [0.1, 0.15) is 37.5 Å². The Morgan fingerprint density at radius 2 is 1.23 bits per heavy atom. The van der Waals surface area contributed by atoms with Crippen molar-refractivity contribution in [2.45, 2.75) is 71.2 Å². The lowest BCUT2D eigenvalue weighted by molar-refractivity contribution is -0.272. The number of carbonyl (C=O) groups excluding carboxylic acids is 1. The standard InChI is InChI=1S/C33H42NO8P/c1-4-39-43(40-5-2)42-33-30(34-25(3)35)32(38-23-28-19-13-8-14-20-28)31(37-22-27-17-11-7-12-18-27)29(41-33)24-36-21-26-15-9-6-10-16-26/h6-20,29-33H,4-5,21-24H2,1-3H3,(H,34,35). The molecule has 0 spiro atoms. The van der Waals surface area contributed by atoms with Crippen LogP contribution in [-0.4, -0.2) is 56.4 Å². The predicted octanol–water partition coefficient (Wildman–Crippen LogP) is 5.92. The van der Waals surface area contributed by atoms with Crippen LogP contribution in [0.3, 0.4) is 0 Å². The Balaban J connectivity index is 1.63. The highest BCUT2D eigenvalue weighted by atomic mass is 31.2. The fourth-order valence-electron chi connectivity index (χ4n) is 4.71. The van der Waals surface area contributed by atoms with E-state index in [2.05, 4.69) is 5.32 Å². The number of ether oxygens (including phenoxy) is 4. The molecule has 43 heavy (non-hydrogen) atoms. The predicted molar refractivity (Wildman–Crippen MR) is 164 cm³/mol. The lowest BCUT2D eigenvalue weighted by atomic mass is 9.96. The van der Waals surface area contributed by atoms with Gasteiger partial charge in [0.25, 0.3) is 0 Å². The van der Waals surface area contributed by atoms with E-state index in [1.807, 2.05) is 105 Å². The summed E-state index contributed by atoms with van der Waals surface area (Å²) >= 11 is 0. The van der Waals surface area contributed by atoms with Crippen LogP contribution < -0.4 is 5.32 Å². The molecule has 0 bridgehead atoms. The summed E-state index contributed by atoms with van der Waals surface area (Å²) in [5.41, 5.74) is 3.02. The van der Waals surface area contributed by atoms with Crippen LogP contribution in [0.2, 0.25) is 0 Å². The molecule has 3 aromatic rings. The van der Waals surface area contributed by atoms with Crippen molar-refractivity contribution in [3.8, 4) is 0 Å². The maximum Gasteiger partial charge on any atom is 0.335 e. The molecule has 0 aromatic heterocycles. The molecule has 0 radical (unpaired) electrons. The van der Waals surface area contributed by atoms with E-state index in [-0.39, 0.29) is 12.5 Å². The molecular formula is C33H42NO8P. The van der Waals surface area contributed by atoms with E-state index in [4.69, 9.17) is 32.5 Å². The molecule has 10 heteroatoms. The molecule has 9 nitrogen and oxygen atoms in total. The van der Waals surface area contributed by atoms with E-state index in [1.165, 1.54) is 6.92 Å². The number of hydrogen-bond donors (Lipinski definition) is 1. The molecule has 0 aliphatic carbocycles. The SMILES string of the molecule is CCOP(OCC)OC1OC(COCc2ccccc2)C(OCc2ccccc2)C(OCc2ccccc2)C1NC(C)=O. The van der Waals surface area contributed by atoms with Crippen molar-refractivity contribution in [2.24, 2.45) is 0 Å². The summed E-state index contributed by atoms with van der Waals surface area (Å²) < 4.78 is 43.6. The molecule has 0 saturated carbocycles. The van der Waals surface area contributed by atoms with Crippen LogP contribution in [0.15, 0.2) is 91.0 Å². The third-order valence-electron chi connectivity index (χ3n) is 6.64. The maximum atomic E-state index is 12.5. The van der Waals surface area contributed by atoms with Crippen LogP contribution in [0.25, 0.3) is 0 Å². The van der Waals surface area contributed by atoms with Gasteiger partial charge in [0.1, 0.15) is 24.4 Å². The summed E-state index contributed by atoms with van der Waals surface area (Å²) in [6, 6.07) is 28.9. The summed E-state index contributed by atoms with van der Waals surface area (Å²) in [6.07, 6.45) is -2.81. The van der Waals surface area contributed by atoms with Crippen molar-refractivity contribution in [1.82, 2.24) is 5.32 Å². The Bertz CT molecular complexity index is 1180. The highest BCUT2D eigenvalue weighted by Gasteiger charge is 2.49. The summed E-state index contributed by atoms with van der Waals surface area (Å²) in [5.74, 6) is -0.256. The molecule has 1 amide bonds. The van der Waals surface area contributed by atoms with Gasteiger partial charge in [0.15, 0.2) is 6.29 Å². The highest BCUT2D eigenvalue weighted by Crippen LogP contribution is 2.43. The third-order valence-corrected chi connectivity index (χ3v) is 7.96. The number of amides is 1. The molecule has 1 saturated heterocycles. The molecule has 3 aromatic carbocycles. The average molecular weight is 612 g/mol. The Labute approximate surface area is 255 Å². The number of nitrogens with one attached hydrogen (secondary N) is 1. The van der Waals surface area contributed by atoms with E-state index >= 15 is 0 Å². The van der Waals surface area contributed by atoms with Gasteiger partial charge in [-0.15, -0.1) is 0 Å². The van der Waals surface area contributed by atoms with Gasteiger partial charge in [-0.25, -0.2) is 0 Å². The van der Waals surface area contributed by atoms with Crippen LogP contribution in [0.4, 0.5) is 0 Å². The summed E-state index contributed by atoms with van der Waals surface area (Å²) in [5, 5.41) is 3.00. The molecule has 5 unspecified atom stereocenters. The van der Waals surface area contributed by atoms with Gasteiger partial charge in [0.05, 0.1) is 39.6 Å². The first-order valence-corrected chi connectivity index (χ1v) is 15.7. The quantitative estimate of drug-likeness (QED) is 0.188. The second-order valence-electron chi connectivity index (χ2n) is 9.96. The summed E-state index contributed by atoms with van der Waals surface area (Å²) in [4.78, 5) is 12.5. The van der Waals surface area contributed by atoms with Crippen molar-refractivity contribution < 1.29 is 37.3 Å². The molecule has 232 valence electrons. The first-order chi connectivity index (χ1) is 21.1. The molecule has 1 N–H and O–H groups in total. The van der Waals surface area contributed by atoms with E-state index in [0.717, 1.165) is 16.7 Å². The van der Waals surface area contributed by atoms with Crippen molar-refractivity contribution in [3.05, 3.63) is 108 Å². The Kier molecular flexibility index (Phi) is 14.0. The fourth-order valence-corrected chi connectivity index (χ4v) is 5.68.